The van der Waals surface area contributed by atoms with Gasteiger partial charge in [-0.15, -0.1) is 0 Å². The summed E-state index contributed by atoms with van der Waals surface area (Å²) in [5.41, 5.74) is 2.49. The zero-order chi connectivity index (χ0) is 9.10. The molecule has 2 nitrogen and oxygen atoms in total. The SMILES string of the molecule is O=CC[C@@H]1CCCc2cccnc21. The van der Waals surface area contributed by atoms with Crippen LogP contribution in [0.25, 0.3) is 0 Å². The Morgan fingerprint density at radius 1 is 1.62 bits per heavy atom. The second-order valence-corrected chi connectivity index (χ2v) is 3.54. The molecule has 0 aliphatic heterocycles. The molecule has 1 aromatic rings. The predicted octanol–water partition coefficient (Wildman–Crippen LogP) is 2.09. The van der Waals surface area contributed by atoms with E-state index in [9.17, 15) is 4.79 Å². The lowest BCUT2D eigenvalue weighted by Gasteiger charge is -2.22. The summed E-state index contributed by atoms with van der Waals surface area (Å²) in [6, 6.07) is 4.10. The van der Waals surface area contributed by atoms with E-state index in [1.807, 2.05) is 12.3 Å². The highest BCUT2D eigenvalue weighted by Gasteiger charge is 2.20. The van der Waals surface area contributed by atoms with Gasteiger partial charge in [0.25, 0.3) is 0 Å². The van der Waals surface area contributed by atoms with Crippen LogP contribution < -0.4 is 0 Å². The summed E-state index contributed by atoms with van der Waals surface area (Å²) in [4.78, 5) is 14.8. The zero-order valence-electron chi connectivity index (χ0n) is 7.57. The molecule has 0 N–H and O–H groups in total. The van der Waals surface area contributed by atoms with Crippen molar-refractivity contribution in [1.82, 2.24) is 4.98 Å². The molecule has 0 spiro atoms. The van der Waals surface area contributed by atoms with Gasteiger partial charge in [0.15, 0.2) is 0 Å². The summed E-state index contributed by atoms with van der Waals surface area (Å²) >= 11 is 0. The van der Waals surface area contributed by atoms with Gasteiger partial charge in [-0.3, -0.25) is 4.98 Å². The molecule has 0 fully saturated rings. The number of rotatable bonds is 2. The molecule has 1 aliphatic carbocycles. The topological polar surface area (TPSA) is 30.0 Å². The van der Waals surface area contributed by atoms with Gasteiger partial charge in [0, 0.05) is 24.2 Å². The maximum absolute atomic E-state index is 10.5. The molecule has 0 saturated carbocycles. The van der Waals surface area contributed by atoms with Crippen molar-refractivity contribution < 1.29 is 4.79 Å². The number of hydrogen-bond donors (Lipinski definition) is 0. The van der Waals surface area contributed by atoms with E-state index < -0.39 is 0 Å². The van der Waals surface area contributed by atoms with Crippen LogP contribution in [-0.4, -0.2) is 11.3 Å². The Labute approximate surface area is 78.0 Å². The Bertz CT molecular complexity index is 309. The molecule has 13 heavy (non-hydrogen) atoms. The van der Waals surface area contributed by atoms with Crippen molar-refractivity contribution in [3.05, 3.63) is 29.6 Å². The molecule has 68 valence electrons. The minimum Gasteiger partial charge on any atom is -0.303 e. The van der Waals surface area contributed by atoms with E-state index in [0.29, 0.717) is 12.3 Å². The van der Waals surface area contributed by atoms with Gasteiger partial charge in [0.2, 0.25) is 0 Å². The van der Waals surface area contributed by atoms with Crippen molar-refractivity contribution in [2.24, 2.45) is 0 Å². The minimum atomic E-state index is 0.377. The Kier molecular flexibility index (Phi) is 2.39. The number of aryl methyl sites for hydroxylation is 1. The van der Waals surface area contributed by atoms with Crippen LogP contribution >= 0.6 is 0 Å². The average molecular weight is 175 g/mol. The second-order valence-electron chi connectivity index (χ2n) is 3.54. The van der Waals surface area contributed by atoms with Gasteiger partial charge in [-0.05, 0) is 30.9 Å². The van der Waals surface area contributed by atoms with E-state index in [0.717, 1.165) is 24.8 Å². The van der Waals surface area contributed by atoms with Crippen LogP contribution in [-0.2, 0) is 11.2 Å². The number of carbonyl (C=O) groups excluding carboxylic acids is 1. The summed E-state index contributed by atoms with van der Waals surface area (Å²) in [7, 11) is 0. The predicted molar refractivity (Wildman–Crippen MR) is 50.6 cm³/mol. The van der Waals surface area contributed by atoms with Crippen LogP contribution in [0.1, 0.15) is 36.4 Å². The van der Waals surface area contributed by atoms with Gasteiger partial charge < -0.3 is 4.79 Å². The van der Waals surface area contributed by atoms with Gasteiger partial charge in [-0.1, -0.05) is 6.07 Å². The molecule has 2 heteroatoms. The molecular formula is C11H13NO. The number of aldehydes is 1. The fraction of sp³-hybridized carbons (Fsp3) is 0.455. The van der Waals surface area contributed by atoms with Crippen molar-refractivity contribution in [1.29, 1.82) is 0 Å². The normalized spacial score (nSPS) is 20.8. The third-order valence-corrected chi connectivity index (χ3v) is 2.69. The number of aromatic nitrogens is 1. The fourth-order valence-corrected chi connectivity index (χ4v) is 2.05. The maximum atomic E-state index is 10.5. The molecule has 0 unspecified atom stereocenters. The standard InChI is InChI=1S/C11H13NO/c13-8-6-10-4-1-3-9-5-2-7-12-11(9)10/h2,5,7-8,10H,1,3-4,6H2/t10-/m0/s1. The van der Waals surface area contributed by atoms with Gasteiger partial charge >= 0.3 is 0 Å². The molecule has 2 rings (SSSR count). The first-order valence-corrected chi connectivity index (χ1v) is 4.79. The summed E-state index contributed by atoms with van der Waals surface area (Å²) in [6.45, 7) is 0. The van der Waals surface area contributed by atoms with Gasteiger partial charge in [0.1, 0.15) is 6.29 Å². The van der Waals surface area contributed by atoms with Crippen molar-refractivity contribution in [2.45, 2.75) is 31.6 Å². The Morgan fingerprint density at radius 2 is 2.54 bits per heavy atom. The van der Waals surface area contributed by atoms with Gasteiger partial charge in [-0.2, -0.15) is 0 Å². The molecule has 0 radical (unpaired) electrons. The van der Waals surface area contributed by atoms with Crippen molar-refractivity contribution >= 4 is 6.29 Å². The molecule has 0 aromatic carbocycles. The lowest BCUT2D eigenvalue weighted by molar-refractivity contribution is -0.108. The minimum absolute atomic E-state index is 0.377. The van der Waals surface area contributed by atoms with Crippen molar-refractivity contribution in [2.75, 3.05) is 0 Å². The second kappa shape index (κ2) is 3.69. The highest BCUT2D eigenvalue weighted by molar-refractivity contribution is 5.51. The molecule has 0 bridgehead atoms. The third kappa shape index (κ3) is 1.62. The van der Waals surface area contributed by atoms with E-state index in [1.54, 1.807) is 0 Å². The number of carbonyl (C=O) groups is 1. The maximum Gasteiger partial charge on any atom is 0.120 e. The Balaban J connectivity index is 2.31. The molecule has 0 amide bonds. The van der Waals surface area contributed by atoms with Gasteiger partial charge in [-0.25, -0.2) is 0 Å². The summed E-state index contributed by atoms with van der Waals surface area (Å²) in [5.74, 6) is 0.377. The largest absolute Gasteiger partial charge is 0.303 e. The van der Waals surface area contributed by atoms with Crippen LogP contribution in [0, 0.1) is 0 Å². The zero-order valence-corrected chi connectivity index (χ0v) is 7.57. The van der Waals surface area contributed by atoms with E-state index in [1.165, 1.54) is 12.0 Å². The smallest absolute Gasteiger partial charge is 0.120 e. The molecule has 1 aliphatic rings. The van der Waals surface area contributed by atoms with Crippen molar-refractivity contribution in [3.8, 4) is 0 Å². The van der Waals surface area contributed by atoms with E-state index >= 15 is 0 Å². The Morgan fingerprint density at radius 3 is 3.38 bits per heavy atom. The quantitative estimate of drug-likeness (QED) is 0.644. The number of nitrogens with zero attached hydrogens (tertiary/aromatic N) is 1. The van der Waals surface area contributed by atoms with Crippen molar-refractivity contribution in [3.63, 3.8) is 0 Å². The monoisotopic (exact) mass is 175 g/mol. The lowest BCUT2D eigenvalue weighted by Crippen LogP contribution is -2.11. The summed E-state index contributed by atoms with van der Waals surface area (Å²) < 4.78 is 0. The highest BCUT2D eigenvalue weighted by Crippen LogP contribution is 2.31. The molecular weight excluding hydrogens is 162 g/mol. The van der Waals surface area contributed by atoms with Crippen LogP contribution in [0.5, 0.6) is 0 Å². The van der Waals surface area contributed by atoms with E-state index in [-0.39, 0.29) is 0 Å². The number of fused-ring (bicyclic) bond motifs is 1. The Hall–Kier alpha value is -1.18. The first-order valence-electron chi connectivity index (χ1n) is 4.79. The van der Waals surface area contributed by atoms with Gasteiger partial charge in [0.05, 0.1) is 0 Å². The molecule has 0 saturated heterocycles. The first-order chi connectivity index (χ1) is 6.42. The molecule has 1 atom stereocenters. The molecule has 1 aromatic heterocycles. The van der Waals surface area contributed by atoms with Crippen LogP contribution in [0.15, 0.2) is 18.3 Å². The van der Waals surface area contributed by atoms with Crippen LogP contribution in [0.2, 0.25) is 0 Å². The third-order valence-electron chi connectivity index (χ3n) is 2.69. The summed E-state index contributed by atoms with van der Waals surface area (Å²) in [5, 5.41) is 0. The van der Waals surface area contributed by atoms with E-state index in [4.69, 9.17) is 0 Å². The average Bonchev–Trinajstić information content (AvgIpc) is 2.19. The first kappa shape index (κ1) is 8.42. The number of pyridine rings is 1. The van der Waals surface area contributed by atoms with E-state index in [2.05, 4.69) is 11.1 Å². The lowest BCUT2D eigenvalue weighted by atomic mass is 9.85. The van der Waals surface area contributed by atoms with Crippen LogP contribution in [0.4, 0.5) is 0 Å². The fourth-order valence-electron chi connectivity index (χ4n) is 2.05. The highest BCUT2D eigenvalue weighted by atomic mass is 16.1. The molecule has 1 heterocycles. The summed E-state index contributed by atoms with van der Waals surface area (Å²) in [6.07, 6.45) is 6.89. The van der Waals surface area contributed by atoms with Crippen LogP contribution in [0.3, 0.4) is 0 Å². The number of hydrogen-bond acceptors (Lipinski definition) is 2.